The van der Waals surface area contributed by atoms with Gasteiger partial charge >= 0.3 is 6.09 Å². The number of alkyl carbamates (subject to hydrolysis) is 1. The third-order valence-electron chi connectivity index (χ3n) is 8.03. The van der Waals surface area contributed by atoms with Gasteiger partial charge in [0, 0.05) is 25.2 Å². The minimum Gasteiger partial charge on any atom is -0.497 e. The van der Waals surface area contributed by atoms with Gasteiger partial charge in [0.05, 0.1) is 30.8 Å². The molecule has 2 saturated heterocycles. The number of nitrogens with one attached hydrogen (secondary N) is 2. The number of ether oxygens (including phenoxy) is 4. The molecule has 264 valence electrons. The molecule has 3 N–H and O–H groups in total. The summed E-state index contributed by atoms with van der Waals surface area (Å²) in [6, 6.07) is 10.4. The highest BCUT2D eigenvalue weighted by Crippen LogP contribution is 2.43. The predicted octanol–water partition coefficient (Wildman–Crippen LogP) is 4.01. The average Bonchev–Trinajstić information content (AvgIpc) is 3.70. The second-order valence-corrected chi connectivity index (χ2v) is 14.7. The van der Waals surface area contributed by atoms with Crippen LogP contribution in [0.1, 0.15) is 33.3 Å². The molecular formula is C32H42F2N4O9S. The second kappa shape index (κ2) is 14.5. The summed E-state index contributed by atoms with van der Waals surface area (Å²) in [4.78, 5) is 17.4. The van der Waals surface area contributed by atoms with Crippen molar-refractivity contribution in [3.05, 3.63) is 48.0 Å². The summed E-state index contributed by atoms with van der Waals surface area (Å²) in [5.74, 6) is -4.34. The van der Waals surface area contributed by atoms with E-state index in [0.717, 1.165) is 4.31 Å². The largest absolute Gasteiger partial charge is 0.497 e. The first kappa shape index (κ1) is 35.7. The van der Waals surface area contributed by atoms with E-state index in [2.05, 4.69) is 15.6 Å². The Bertz CT molecular complexity index is 1690. The van der Waals surface area contributed by atoms with Gasteiger partial charge in [-0.1, -0.05) is 26.0 Å². The number of anilines is 1. The maximum absolute atomic E-state index is 14.4. The van der Waals surface area contributed by atoms with E-state index in [1.807, 2.05) is 27.7 Å². The summed E-state index contributed by atoms with van der Waals surface area (Å²) in [7, 11) is -2.70. The molecule has 5 atom stereocenters. The van der Waals surface area contributed by atoms with Gasteiger partial charge in [0.15, 0.2) is 11.9 Å². The molecule has 1 amide bonds. The lowest BCUT2D eigenvalue weighted by atomic mass is 9.99. The number of hydrogen-bond acceptors (Lipinski definition) is 11. The average molecular weight is 697 g/mol. The molecule has 2 aromatic carbocycles. The maximum atomic E-state index is 14.4. The minimum atomic E-state index is -4.20. The van der Waals surface area contributed by atoms with Crippen molar-refractivity contribution in [3.63, 3.8) is 0 Å². The Balaban J connectivity index is 1.38. The maximum Gasteiger partial charge on any atom is 0.407 e. The Labute approximate surface area is 277 Å². The zero-order valence-electron chi connectivity index (χ0n) is 27.4. The fourth-order valence-electron chi connectivity index (χ4n) is 5.79. The van der Waals surface area contributed by atoms with Crippen LogP contribution in [0.5, 0.6) is 5.75 Å². The number of hydrogen-bond donors (Lipinski definition) is 3. The van der Waals surface area contributed by atoms with Crippen molar-refractivity contribution in [1.82, 2.24) is 14.6 Å². The third-order valence-corrected chi connectivity index (χ3v) is 9.86. The van der Waals surface area contributed by atoms with Crippen LogP contribution in [0.25, 0.3) is 11.1 Å². The molecule has 5 rings (SSSR count). The van der Waals surface area contributed by atoms with Gasteiger partial charge in [0.25, 0.3) is 11.9 Å². The molecule has 48 heavy (non-hydrogen) atoms. The number of amides is 1. The summed E-state index contributed by atoms with van der Waals surface area (Å²) in [6.07, 6.45) is -4.98. The fraction of sp³-hybridized carbons (Fsp3) is 0.562. The van der Waals surface area contributed by atoms with Crippen LogP contribution in [0, 0.1) is 11.8 Å². The molecule has 2 aliphatic heterocycles. The molecule has 0 spiro atoms. The van der Waals surface area contributed by atoms with Crippen molar-refractivity contribution in [2.75, 3.05) is 38.7 Å². The summed E-state index contributed by atoms with van der Waals surface area (Å²) in [5.41, 5.74) is 1.38. The molecule has 0 radical (unpaired) electrons. The zero-order valence-corrected chi connectivity index (χ0v) is 28.2. The van der Waals surface area contributed by atoms with Gasteiger partial charge in [-0.2, -0.15) is 9.29 Å². The lowest BCUT2D eigenvalue weighted by molar-refractivity contribution is -0.0953. The number of carbonyl (C=O) groups excluding carboxylic acids is 1. The quantitative estimate of drug-likeness (QED) is 0.223. The Morgan fingerprint density at radius 3 is 2.62 bits per heavy atom. The number of benzene rings is 2. The highest BCUT2D eigenvalue weighted by molar-refractivity contribution is 7.89. The monoisotopic (exact) mass is 696 g/mol. The van der Waals surface area contributed by atoms with E-state index in [-0.39, 0.29) is 48.0 Å². The van der Waals surface area contributed by atoms with Gasteiger partial charge in [-0.15, -0.1) is 0 Å². The van der Waals surface area contributed by atoms with E-state index >= 15 is 0 Å². The predicted molar refractivity (Wildman–Crippen MR) is 170 cm³/mol. The van der Waals surface area contributed by atoms with E-state index in [1.54, 1.807) is 30.3 Å². The zero-order chi connectivity index (χ0) is 34.8. The van der Waals surface area contributed by atoms with Crippen LogP contribution in [-0.2, 0) is 30.7 Å². The van der Waals surface area contributed by atoms with Crippen LogP contribution < -0.4 is 15.4 Å². The molecule has 2 fully saturated rings. The molecule has 1 unspecified atom stereocenters. The summed E-state index contributed by atoms with van der Waals surface area (Å²) in [5, 5.41) is 17.2. The van der Waals surface area contributed by atoms with Crippen LogP contribution in [0.15, 0.2) is 51.8 Å². The standard InChI is InChI=1S/C32H42F2N4O9S/c1-18(2)14-38(48(41,42)22-9-10-23-26(13-22)46-30(36-23)35-19(3)4)15-25(39)24(12-20-7-6-8-21(11-20)43-5)37-31(40)47-27-16-44-29-28(27)32(33,34)17-45-29/h6-11,13,18-19,24-25,27-29,39H,12,14-17H2,1-5H3,(H,35,36)(H,37,40)/t24-,25+,27?,28-,29-/m0/s1. The summed E-state index contributed by atoms with van der Waals surface area (Å²) >= 11 is 0. The highest BCUT2D eigenvalue weighted by Gasteiger charge is 2.60. The van der Waals surface area contributed by atoms with Crippen LogP contribution in [0.4, 0.5) is 19.6 Å². The lowest BCUT2D eigenvalue weighted by Crippen LogP contribution is -2.52. The normalized spacial score (nSPS) is 21.9. The van der Waals surface area contributed by atoms with Gasteiger partial charge in [0.1, 0.15) is 29.9 Å². The topological polar surface area (TPSA) is 162 Å². The van der Waals surface area contributed by atoms with Gasteiger partial charge in [-0.05, 0) is 56.0 Å². The van der Waals surface area contributed by atoms with Gasteiger partial charge in [-0.3, -0.25) is 0 Å². The molecular weight excluding hydrogens is 654 g/mol. The van der Waals surface area contributed by atoms with Crippen molar-refractivity contribution in [2.24, 2.45) is 11.8 Å². The molecule has 16 heteroatoms. The van der Waals surface area contributed by atoms with E-state index < -0.39 is 65.6 Å². The first-order valence-electron chi connectivity index (χ1n) is 15.7. The Kier molecular flexibility index (Phi) is 10.8. The van der Waals surface area contributed by atoms with Crippen LogP contribution in [0.3, 0.4) is 0 Å². The molecule has 0 aliphatic carbocycles. The molecule has 1 aromatic heterocycles. The van der Waals surface area contributed by atoms with E-state index in [1.165, 1.54) is 19.2 Å². The van der Waals surface area contributed by atoms with Crippen molar-refractivity contribution in [3.8, 4) is 5.75 Å². The molecule has 2 aliphatic rings. The number of oxazole rings is 1. The number of rotatable bonds is 14. The van der Waals surface area contributed by atoms with Crippen molar-refractivity contribution in [1.29, 1.82) is 0 Å². The molecule has 13 nitrogen and oxygen atoms in total. The number of nitrogens with zero attached hydrogens (tertiary/aromatic N) is 2. The molecule has 0 bridgehead atoms. The van der Waals surface area contributed by atoms with Crippen molar-refractivity contribution >= 4 is 33.2 Å². The van der Waals surface area contributed by atoms with E-state index in [0.29, 0.717) is 16.8 Å². The number of fused-ring (bicyclic) bond motifs is 2. The van der Waals surface area contributed by atoms with Gasteiger partial charge in [-0.25, -0.2) is 22.0 Å². The number of carbonyl (C=O) groups is 1. The van der Waals surface area contributed by atoms with E-state index in [4.69, 9.17) is 23.4 Å². The Morgan fingerprint density at radius 1 is 1.15 bits per heavy atom. The van der Waals surface area contributed by atoms with E-state index in [9.17, 15) is 27.1 Å². The SMILES string of the molecule is COc1cccc(C[C@H](NC(=O)OC2CO[C@H]3OCC(F)(F)[C@@H]23)[C@H](O)CN(CC(C)C)S(=O)(=O)c2ccc3nc(NC(C)C)oc3c2)c1. The van der Waals surface area contributed by atoms with Gasteiger partial charge < -0.3 is 39.1 Å². The minimum absolute atomic E-state index is 0.0329. The van der Waals surface area contributed by atoms with Crippen LogP contribution >= 0.6 is 0 Å². The first-order chi connectivity index (χ1) is 22.7. The Hall–Kier alpha value is -3.57. The smallest absolute Gasteiger partial charge is 0.407 e. The number of halogens is 2. The highest BCUT2D eigenvalue weighted by atomic mass is 32.2. The van der Waals surface area contributed by atoms with Crippen molar-refractivity contribution in [2.45, 2.75) is 75.5 Å². The number of sulfonamides is 1. The molecule has 0 saturated carbocycles. The van der Waals surface area contributed by atoms with Crippen LogP contribution in [-0.4, -0.2) is 98.8 Å². The summed E-state index contributed by atoms with van der Waals surface area (Å²) in [6.45, 7) is 6.00. The number of aliphatic hydroxyl groups is 1. The second-order valence-electron chi connectivity index (χ2n) is 12.8. The fourth-order valence-corrected chi connectivity index (χ4v) is 7.43. The third kappa shape index (κ3) is 8.17. The number of alkyl halides is 2. The number of aromatic nitrogens is 1. The van der Waals surface area contributed by atoms with Gasteiger partial charge in [0.2, 0.25) is 10.0 Å². The van der Waals surface area contributed by atoms with Crippen molar-refractivity contribution < 1.29 is 50.5 Å². The lowest BCUT2D eigenvalue weighted by Gasteiger charge is -2.31. The molecule has 3 aromatic rings. The molecule has 3 heterocycles. The Morgan fingerprint density at radius 2 is 1.92 bits per heavy atom. The number of methoxy groups -OCH3 is 1. The first-order valence-corrected chi connectivity index (χ1v) is 17.2. The summed E-state index contributed by atoms with van der Waals surface area (Å²) < 4.78 is 84.7. The number of aliphatic hydroxyl groups excluding tert-OH is 1. The van der Waals surface area contributed by atoms with Crippen LogP contribution in [0.2, 0.25) is 0 Å².